The molecular weight excluding hydrogens is 919 g/mol. The van der Waals surface area contributed by atoms with Gasteiger partial charge in [-0.1, -0.05) is 136 Å². The molecule has 2 saturated heterocycles. The number of pyridine rings is 1. The van der Waals surface area contributed by atoms with Gasteiger partial charge in [0.25, 0.3) is 0 Å². The highest BCUT2D eigenvalue weighted by atomic mass is 16.5. The van der Waals surface area contributed by atoms with E-state index in [0.717, 1.165) is 74.7 Å². The van der Waals surface area contributed by atoms with Gasteiger partial charge in [-0.3, -0.25) is 9.78 Å². The fraction of sp³-hybridized carbons (Fsp3) is 0.638. The number of hydrogen-bond acceptors (Lipinski definition) is 6. The summed E-state index contributed by atoms with van der Waals surface area (Å²) in [6.45, 7) is 41.9. The second-order valence-electron chi connectivity index (χ2n) is 22.4. The van der Waals surface area contributed by atoms with Gasteiger partial charge in [-0.15, -0.1) is 0 Å². The van der Waals surface area contributed by atoms with E-state index in [2.05, 4.69) is 144 Å². The first-order valence-electron chi connectivity index (χ1n) is 30.3. The number of allylic oxidation sites excluding steroid dienone is 5. The van der Waals surface area contributed by atoms with Gasteiger partial charge in [0.15, 0.2) is 0 Å². The van der Waals surface area contributed by atoms with Gasteiger partial charge in [-0.05, 0) is 212 Å². The summed E-state index contributed by atoms with van der Waals surface area (Å²) in [4.78, 5) is 29.7. The van der Waals surface area contributed by atoms with Crippen LogP contribution in [0.1, 0.15) is 221 Å². The van der Waals surface area contributed by atoms with Crippen LogP contribution < -0.4 is 4.90 Å². The van der Waals surface area contributed by atoms with E-state index in [1.165, 1.54) is 166 Å². The molecule has 3 aromatic rings. The van der Waals surface area contributed by atoms with Crippen molar-refractivity contribution in [1.29, 1.82) is 0 Å². The lowest BCUT2D eigenvalue weighted by Gasteiger charge is -2.40. The molecule has 1 saturated carbocycles. The Kier molecular flexibility index (Phi) is 34.3. The quantitative estimate of drug-likeness (QED) is 0.0536. The molecule has 1 atom stereocenters. The lowest BCUT2D eigenvalue weighted by molar-refractivity contribution is -0.119. The largest absolute Gasteiger partial charge is 0.375 e. The van der Waals surface area contributed by atoms with Crippen LogP contribution in [0, 0.1) is 37.5 Å². The normalized spacial score (nSPS) is 17.7. The van der Waals surface area contributed by atoms with Gasteiger partial charge < -0.3 is 19.3 Å². The monoisotopic (exact) mass is 1030 g/mol. The van der Waals surface area contributed by atoms with E-state index < -0.39 is 0 Å². The van der Waals surface area contributed by atoms with Gasteiger partial charge in [0.2, 0.25) is 0 Å². The van der Waals surface area contributed by atoms with E-state index in [9.17, 15) is 4.79 Å². The maximum Gasteiger partial charge on any atom is 0.132 e. The summed E-state index contributed by atoms with van der Waals surface area (Å²) < 4.78 is 6.36. The Morgan fingerprint density at radius 1 is 0.787 bits per heavy atom. The Bertz CT molecular complexity index is 2090. The SMILES string of the molecule is C/C=C\C(C)=C(/CCCC)c1ccc(-c2ccc(C)nc2)cc1CCC.C=C(C)C(C)CCC(=O)CCC.CC.CC=O.CCC1CC(OC2CCN(CCC3CCN(c4ccc(C)c(CC(C)C)c4)CC3)CC2)C1. The highest BCUT2D eigenvalue weighted by Gasteiger charge is 2.32. The first-order valence-corrected chi connectivity index (χ1v) is 30.3. The number of ketones is 1. The third-order valence-corrected chi connectivity index (χ3v) is 15.6. The predicted octanol–water partition coefficient (Wildman–Crippen LogP) is 18.6. The number of nitrogens with zero attached hydrogens (tertiary/aromatic N) is 3. The number of carbonyl (C=O) groups excluding carboxylic acids is 2. The van der Waals surface area contributed by atoms with Crippen LogP contribution >= 0.6 is 0 Å². The second kappa shape index (κ2) is 38.4. The predicted molar refractivity (Wildman–Crippen MR) is 328 cm³/mol. The molecule has 420 valence electrons. The van der Waals surface area contributed by atoms with Gasteiger partial charge in [0.1, 0.15) is 12.1 Å². The molecule has 75 heavy (non-hydrogen) atoms. The van der Waals surface area contributed by atoms with Crippen LogP contribution in [0.5, 0.6) is 0 Å². The molecule has 0 amide bonds. The van der Waals surface area contributed by atoms with Gasteiger partial charge >= 0.3 is 0 Å². The number of rotatable bonds is 23. The topological polar surface area (TPSA) is 62.7 Å². The van der Waals surface area contributed by atoms with Crippen molar-refractivity contribution in [2.24, 2.45) is 23.7 Å². The minimum absolute atomic E-state index is 0.394. The number of hydrogen-bond donors (Lipinski definition) is 0. The van der Waals surface area contributed by atoms with Gasteiger partial charge in [0, 0.05) is 62.2 Å². The highest BCUT2D eigenvalue weighted by Crippen LogP contribution is 2.35. The maximum atomic E-state index is 11.1. The zero-order chi connectivity index (χ0) is 55.7. The summed E-state index contributed by atoms with van der Waals surface area (Å²) in [5.74, 6) is 3.45. The summed E-state index contributed by atoms with van der Waals surface area (Å²) in [5, 5.41) is 0. The molecule has 3 heterocycles. The van der Waals surface area contributed by atoms with Crippen LogP contribution in [-0.4, -0.2) is 66.9 Å². The van der Waals surface area contributed by atoms with Gasteiger partial charge in [-0.2, -0.15) is 0 Å². The Morgan fingerprint density at radius 3 is 2.01 bits per heavy atom. The van der Waals surface area contributed by atoms with Crippen molar-refractivity contribution in [3.05, 3.63) is 113 Å². The summed E-state index contributed by atoms with van der Waals surface area (Å²) in [5.41, 5.74) is 14.9. The van der Waals surface area contributed by atoms with Crippen molar-refractivity contribution in [2.45, 2.75) is 232 Å². The average molecular weight is 1030 g/mol. The minimum atomic E-state index is 0.394. The number of likely N-dealkylation sites (tertiary alicyclic amines) is 1. The molecular formula is C69H111N3O3. The number of aryl methyl sites for hydroxylation is 3. The molecule has 2 aromatic carbocycles. The van der Waals surface area contributed by atoms with Crippen molar-refractivity contribution < 1.29 is 14.3 Å². The number of aldehydes is 1. The minimum Gasteiger partial charge on any atom is -0.375 e. The molecule has 0 N–H and O–H groups in total. The molecule has 1 unspecified atom stereocenters. The number of aromatic nitrogens is 1. The van der Waals surface area contributed by atoms with E-state index >= 15 is 0 Å². The van der Waals surface area contributed by atoms with Crippen molar-refractivity contribution in [3.8, 4) is 11.1 Å². The number of ether oxygens (including phenoxy) is 1. The summed E-state index contributed by atoms with van der Waals surface area (Å²) in [6, 6.07) is 18.4. The molecule has 0 spiro atoms. The van der Waals surface area contributed by atoms with Gasteiger partial charge in [-0.25, -0.2) is 0 Å². The molecule has 6 nitrogen and oxygen atoms in total. The number of piperidine rings is 2. The number of benzene rings is 2. The lowest BCUT2D eigenvalue weighted by atomic mass is 9.80. The molecule has 6 rings (SSSR count). The number of unbranched alkanes of at least 4 members (excludes halogenated alkanes) is 1. The third-order valence-electron chi connectivity index (χ3n) is 15.6. The fourth-order valence-corrected chi connectivity index (χ4v) is 10.5. The van der Waals surface area contributed by atoms with Crippen LogP contribution in [0.15, 0.2) is 84.6 Å². The van der Waals surface area contributed by atoms with Crippen LogP contribution in [0.25, 0.3) is 16.7 Å². The molecule has 3 aliphatic rings. The zero-order valence-electron chi connectivity index (χ0n) is 50.9. The van der Waals surface area contributed by atoms with E-state index in [1.54, 1.807) is 0 Å². The Labute approximate surface area is 462 Å². The smallest absolute Gasteiger partial charge is 0.132 e. The molecule has 3 fully saturated rings. The van der Waals surface area contributed by atoms with Crippen LogP contribution in [-0.2, 0) is 27.2 Å². The van der Waals surface area contributed by atoms with Crippen molar-refractivity contribution in [3.63, 3.8) is 0 Å². The Morgan fingerprint density at radius 2 is 1.45 bits per heavy atom. The first-order chi connectivity index (χ1) is 36.1. The van der Waals surface area contributed by atoms with Crippen LogP contribution in [0.3, 0.4) is 0 Å². The average Bonchev–Trinajstić information content (AvgIpc) is 3.39. The molecule has 1 aliphatic carbocycles. The Hall–Kier alpha value is -4.13. The van der Waals surface area contributed by atoms with E-state index in [1.807, 2.05) is 40.8 Å². The van der Waals surface area contributed by atoms with E-state index in [4.69, 9.17) is 9.53 Å². The van der Waals surface area contributed by atoms with E-state index in [-0.39, 0.29) is 0 Å². The van der Waals surface area contributed by atoms with Crippen LogP contribution in [0.2, 0.25) is 0 Å². The summed E-state index contributed by atoms with van der Waals surface area (Å²) >= 11 is 0. The summed E-state index contributed by atoms with van der Waals surface area (Å²) in [7, 11) is 0. The zero-order valence-corrected chi connectivity index (χ0v) is 50.9. The van der Waals surface area contributed by atoms with Gasteiger partial charge in [0.05, 0.1) is 12.2 Å². The summed E-state index contributed by atoms with van der Waals surface area (Å²) in [6.07, 6.45) is 29.3. The highest BCUT2D eigenvalue weighted by molar-refractivity contribution is 5.78. The fourth-order valence-electron chi connectivity index (χ4n) is 10.5. The Balaban J connectivity index is 0.000000401. The third kappa shape index (κ3) is 25.3. The standard InChI is InChI=1S/C29H48N2O.C25H33N.C11H20O.C2H4O.C2H6/c1-5-24-19-29(20-24)32-28-11-14-30(15-12-28)13-8-25-9-16-31(17-10-25)27-7-6-23(4)26(21-27)18-22(2)3;1-6-9-12-24(19(4)10-7-2)25-16-15-21(17-22(25)11-8-3)23-14-13-20(5)26-18-23;1-5-6-11(12)8-7-10(4)9(2)3;1-2-3;1-2/h6-7,21-22,24-25,28-29H,5,8-20H2,1-4H3;7,10,13-18H,6,8-9,11-12H2,1-5H3;10H,2,5-8H2,1,3-4H3;2H,1H3;1-2H3/b;10-7-,24-19+;;;. The van der Waals surface area contributed by atoms with E-state index in [0.29, 0.717) is 23.9 Å². The first kappa shape index (κ1) is 67.0. The molecule has 2 aliphatic heterocycles. The maximum absolute atomic E-state index is 11.1. The number of anilines is 1. The van der Waals surface area contributed by atoms with Crippen molar-refractivity contribution >= 4 is 23.3 Å². The van der Waals surface area contributed by atoms with Crippen LogP contribution in [0.4, 0.5) is 5.69 Å². The molecule has 0 bridgehead atoms. The molecule has 6 heteroatoms. The second-order valence-corrected chi connectivity index (χ2v) is 22.4. The molecule has 0 radical (unpaired) electrons. The number of carbonyl (C=O) groups is 2. The van der Waals surface area contributed by atoms with Crippen molar-refractivity contribution in [2.75, 3.05) is 37.6 Å². The van der Waals surface area contributed by atoms with Crippen molar-refractivity contribution in [1.82, 2.24) is 9.88 Å². The lowest BCUT2D eigenvalue weighted by Crippen LogP contribution is -2.42. The number of Topliss-reactive ketones (excluding diaryl/α,β-unsaturated/α-hetero) is 1. The molecule has 1 aromatic heterocycles.